The fraction of sp³-hybridized carbons (Fsp3) is 0.0667. The van der Waals surface area contributed by atoms with Gasteiger partial charge in [0.2, 0.25) is 0 Å². The van der Waals surface area contributed by atoms with Crippen molar-refractivity contribution in [3.05, 3.63) is 65.2 Å². The third kappa shape index (κ3) is 3.39. The molecule has 0 heterocycles. The van der Waals surface area contributed by atoms with E-state index in [0.29, 0.717) is 10.6 Å². The Morgan fingerprint density at radius 3 is 2.25 bits per heavy atom. The normalized spacial score (nSPS) is 10.2. The molecule has 0 saturated carbocycles. The molecule has 0 spiro atoms. The Morgan fingerprint density at radius 2 is 1.65 bits per heavy atom. The second-order valence-corrected chi connectivity index (χ2v) is 5.11. The largest absolute Gasteiger partial charge is 0.478 e. The number of benzene rings is 2. The predicted molar refractivity (Wildman–Crippen MR) is 76.4 cm³/mol. The van der Waals surface area contributed by atoms with Gasteiger partial charge in [0.1, 0.15) is 0 Å². The average Bonchev–Trinajstić information content (AvgIpc) is 2.45. The lowest BCUT2D eigenvalue weighted by molar-refractivity contribution is 0.0693. The zero-order chi connectivity index (χ0) is 14.5. The van der Waals surface area contributed by atoms with E-state index in [9.17, 15) is 9.59 Å². The molecule has 2 N–H and O–H groups in total. The highest BCUT2D eigenvalue weighted by atomic mass is 32.2. The number of aromatic carboxylic acids is 2. The summed E-state index contributed by atoms with van der Waals surface area (Å²) in [5.74, 6) is -1.62. The van der Waals surface area contributed by atoms with E-state index in [0.717, 1.165) is 5.56 Å². The van der Waals surface area contributed by atoms with E-state index in [1.807, 2.05) is 30.3 Å². The molecule has 5 heteroatoms. The number of carboxylic acid groups (broad SMARTS) is 2. The van der Waals surface area contributed by atoms with Gasteiger partial charge < -0.3 is 10.2 Å². The van der Waals surface area contributed by atoms with Crippen LogP contribution in [0.5, 0.6) is 0 Å². The zero-order valence-corrected chi connectivity index (χ0v) is 11.3. The minimum absolute atomic E-state index is 0.0193. The highest BCUT2D eigenvalue weighted by molar-refractivity contribution is 7.98. The summed E-state index contributed by atoms with van der Waals surface area (Å²) in [4.78, 5) is 22.6. The van der Waals surface area contributed by atoms with Gasteiger partial charge >= 0.3 is 11.9 Å². The van der Waals surface area contributed by atoms with E-state index in [-0.39, 0.29) is 11.1 Å². The Bertz CT molecular complexity index is 638. The average molecular weight is 288 g/mol. The molecule has 20 heavy (non-hydrogen) atoms. The maximum absolute atomic E-state index is 11.2. The molecular formula is C15H12O4S. The smallest absolute Gasteiger partial charge is 0.336 e. The van der Waals surface area contributed by atoms with Gasteiger partial charge in [0.25, 0.3) is 0 Å². The lowest BCUT2D eigenvalue weighted by atomic mass is 10.1. The van der Waals surface area contributed by atoms with Gasteiger partial charge in [-0.25, -0.2) is 9.59 Å². The second-order valence-electron chi connectivity index (χ2n) is 4.10. The number of hydrogen-bond acceptors (Lipinski definition) is 3. The van der Waals surface area contributed by atoms with Crippen LogP contribution in [-0.2, 0) is 5.75 Å². The fourth-order valence-corrected chi connectivity index (χ4v) is 2.67. The topological polar surface area (TPSA) is 74.6 Å². The first-order chi connectivity index (χ1) is 9.58. The lowest BCUT2D eigenvalue weighted by Crippen LogP contribution is -2.03. The van der Waals surface area contributed by atoms with Crippen LogP contribution in [0.2, 0.25) is 0 Å². The van der Waals surface area contributed by atoms with Gasteiger partial charge in [-0.15, -0.1) is 11.8 Å². The number of carbonyl (C=O) groups is 2. The van der Waals surface area contributed by atoms with Crippen molar-refractivity contribution in [1.82, 2.24) is 0 Å². The van der Waals surface area contributed by atoms with Gasteiger partial charge in [0.15, 0.2) is 0 Å². The van der Waals surface area contributed by atoms with Gasteiger partial charge in [-0.2, -0.15) is 0 Å². The summed E-state index contributed by atoms with van der Waals surface area (Å²) in [7, 11) is 0. The Balaban J connectivity index is 2.23. The van der Waals surface area contributed by atoms with Crippen LogP contribution in [0, 0.1) is 0 Å². The Labute approximate surface area is 120 Å². The van der Waals surface area contributed by atoms with Crippen molar-refractivity contribution in [1.29, 1.82) is 0 Å². The van der Waals surface area contributed by atoms with Crippen LogP contribution >= 0.6 is 11.8 Å². The SMILES string of the molecule is O=C(O)c1ccc(SCc2ccccc2)c(C(=O)O)c1. The molecule has 2 rings (SSSR count). The third-order valence-corrected chi connectivity index (χ3v) is 3.84. The molecule has 0 aliphatic rings. The fourth-order valence-electron chi connectivity index (χ4n) is 1.69. The van der Waals surface area contributed by atoms with E-state index >= 15 is 0 Å². The van der Waals surface area contributed by atoms with Crippen molar-refractivity contribution >= 4 is 23.7 Å². The summed E-state index contributed by atoms with van der Waals surface area (Å²) in [6.07, 6.45) is 0. The molecule has 2 aromatic rings. The van der Waals surface area contributed by atoms with Crippen LogP contribution in [-0.4, -0.2) is 22.2 Å². The first kappa shape index (κ1) is 14.1. The monoisotopic (exact) mass is 288 g/mol. The molecule has 0 aliphatic heterocycles. The van der Waals surface area contributed by atoms with Crippen LogP contribution in [0.15, 0.2) is 53.4 Å². The molecule has 0 amide bonds. The Kier molecular flexibility index (Phi) is 4.42. The highest BCUT2D eigenvalue weighted by Crippen LogP contribution is 2.27. The summed E-state index contributed by atoms with van der Waals surface area (Å²) in [6.45, 7) is 0. The number of hydrogen-bond donors (Lipinski definition) is 2. The molecule has 0 saturated heterocycles. The maximum atomic E-state index is 11.2. The predicted octanol–water partition coefficient (Wildman–Crippen LogP) is 3.38. The van der Waals surface area contributed by atoms with Crippen molar-refractivity contribution in [2.24, 2.45) is 0 Å². The molecule has 0 fully saturated rings. The van der Waals surface area contributed by atoms with Crippen molar-refractivity contribution in [3.8, 4) is 0 Å². The van der Waals surface area contributed by atoms with E-state index in [1.165, 1.54) is 23.9 Å². The lowest BCUT2D eigenvalue weighted by Gasteiger charge is -2.07. The second kappa shape index (κ2) is 6.25. The van der Waals surface area contributed by atoms with Gasteiger partial charge in [-0.3, -0.25) is 0 Å². The number of rotatable bonds is 5. The van der Waals surface area contributed by atoms with E-state index < -0.39 is 11.9 Å². The standard InChI is InChI=1S/C15H12O4S/c16-14(17)11-6-7-13(12(8-11)15(18)19)20-9-10-4-2-1-3-5-10/h1-8H,9H2,(H,16,17)(H,18,19). The van der Waals surface area contributed by atoms with Crippen LogP contribution in [0.3, 0.4) is 0 Å². The molecule has 2 aromatic carbocycles. The first-order valence-corrected chi connectivity index (χ1v) is 6.84. The maximum Gasteiger partial charge on any atom is 0.336 e. The van der Waals surface area contributed by atoms with Crippen molar-refractivity contribution in [2.75, 3.05) is 0 Å². The first-order valence-electron chi connectivity index (χ1n) is 5.85. The van der Waals surface area contributed by atoms with Crippen LogP contribution in [0.25, 0.3) is 0 Å². The van der Waals surface area contributed by atoms with Crippen LogP contribution in [0.1, 0.15) is 26.3 Å². The molecule has 0 unspecified atom stereocenters. The molecule has 0 aromatic heterocycles. The van der Waals surface area contributed by atoms with Crippen molar-refractivity contribution in [3.63, 3.8) is 0 Å². The number of carboxylic acids is 2. The highest BCUT2D eigenvalue weighted by Gasteiger charge is 2.14. The summed E-state index contributed by atoms with van der Waals surface area (Å²) in [5.41, 5.74) is 1.08. The Hall–Kier alpha value is -2.27. The van der Waals surface area contributed by atoms with E-state index in [1.54, 1.807) is 6.07 Å². The molecule has 4 nitrogen and oxygen atoms in total. The molecule has 102 valence electrons. The van der Waals surface area contributed by atoms with Crippen LogP contribution < -0.4 is 0 Å². The third-order valence-electron chi connectivity index (χ3n) is 2.69. The molecule has 0 atom stereocenters. The molecule has 0 bridgehead atoms. The molecular weight excluding hydrogens is 276 g/mol. The van der Waals surface area contributed by atoms with E-state index in [4.69, 9.17) is 10.2 Å². The summed E-state index contributed by atoms with van der Waals surface area (Å²) in [5, 5.41) is 18.1. The Morgan fingerprint density at radius 1 is 0.950 bits per heavy atom. The minimum Gasteiger partial charge on any atom is -0.478 e. The molecule has 0 aliphatic carbocycles. The van der Waals surface area contributed by atoms with Gasteiger partial charge in [0.05, 0.1) is 11.1 Å². The summed E-state index contributed by atoms with van der Waals surface area (Å²) < 4.78 is 0. The quantitative estimate of drug-likeness (QED) is 0.825. The van der Waals surface area contributed by atoms with Gasteiger partial charge in [0, 0.05) is 10.6 Å². The minimum atomic E-state index is -1.13. The zero-order valence-electron chi connectivity index (χ0n) is 10.4. The van der Waals surface area contributed by atoms with Gasteiger partial charge in [-0.1, -0.05) is 30.3 Å². The summed E-state index contributed by atoms with van der Waals surface area (Å²) in [6, 6.07) is 13.8. The van der Waals surface area contributed by atoms with Gasteiger partial charge in [-0.05, 0) is 23.8 Å². The van der Waals surface area contributed by atoms with E-state index in [2.05, 4.69) is 0 Å². The number of thioether (sulfide) groups is 1. The molecule has 0 radical (unpaired) electrons. The van der Waals surface area contributed by atoms with Crippen molar-refractivity contribution < 1.29 is 19.8 Å². The van der Waals surface area contributed by atoms with Crippen LogP contribution in [0.4, 0.5) is 0 Å². The van der Waals surface area contributed by atoms with Crippen molar-refractivity contribution in [2.45, 2.75) is 10.6 Å². The summed E-state index contributed by atoms with van der Waals surface area (Å²) >= 11 is 1.38.